The maximum absolute atomic E-state index is 13.6. The van der Waals surface area contributed by atoms with Crippen molar-refractivity contribution in [2.75, 3.05) is 26.8 Å². The largest absolute Gasteiger partial charge is 0.375 e. The predicted molar refractivity (Wildman–Crippen MR) is 75.9 cm³/mol. The number of carbonyl (C=O) groups is 1. The van der Waals surface area contributed by atoms with Crippen molar-refractivity contribution in [3.8, 4) is 0 Å². The maximum atomic E-state index is 13.6. The van der Waals surface area contributed by atoms with E-state index in [2.05, 4.69) is 0 Å². The molecule has 0 radical (unpaired) electrons. The zero-order valence-corrected chi connectivity index (χ0v) is 12.3. The highest BCUT2D eigenvalue weighted by Gasteiger charge is 2.23. The van der Waals surface area contributed by atoms with Crippen LogP contribution in [-0.4, -0.2) is 37.6 Å². The average molecular weight is 297 g/mol. The molecule has 0 bridgehead atoms. The molecular weight excluding hydrogens is 276 g/mol. The second-order valence-electron chi connectivity index (χ2n) is 5.52. The van der Waals surface area contributed by atoms with Gasteiger partial charge in [0.25, 0.3) is 0 Å². The van der Waals surface area contributed by atoms with Gasteiger partial charge in [0.15, 0.2) is 0 Å². The first-order valence-electron chi connectivity index (χ1n) is 7.31. The van der Waals surface area contributed by atoms with E-state index >= 15 is 0 Å². The molecule has 1 aromatic rings. The molecule has 1 unspecified atom stereocenters. The van der Waals surface area contributed by atoms with E-state index in [1.165, 1.54) is 25.3 Å². The van der Waals surface area contributed by atoms with E-state index in [1.54, 1.807) is 4.90 Å². The number of methoxy groups -OCH3 is 1. The topological polar surface area (TPSA) is 29.5 Å². The van der Waals surface area contributed by atoms with Crippen molar-refractivity contribution in [2.45, 2.75) is 25.7 Å². The summed E-state index contributed by atoms with van der Waals surface area (Å²) in [5.74, 6) is -0.700. The summed E-state index contributed by atoms with van der Waals surface area (Å²) in [6.45, 7) is 1.49. The van der Waals surface area contributed by atoms with Gasteiger partial charge in [0, 0.05) is 25.8 Å². The summed E-state index contributed by atoms with van der Waals surface area (Å²) in [6, 6.07) is 3.95. The summed E-state index contributed by atoms with van der Waals surface area (Å²) < 4.78 is 32.0. The summed E-state index contributed by atoms with van der Waals surface area (Å²) in [7, 11) is 1.50. The lowest BCUT2D eigenvalue weighted by Gasteiger charge is -2.32. The molecular formula is C16H21F2NO2. The minimum atomic E-state index is -0.488. The molecule has 0 saturated carbocycles. The Morgan fingerprint density at radius 2 is 2.10 bits per heavy atom. The lowest BCUT2D eigenvalue weighted by molar-refractivity contribution is -0.137. The number of benzene rings is 1. The molecule has 0 aromatic heterocycles. The third-order valence-electron chi connectivity index (χ3n) is 4.00. The molecule has 0 aliphatic carbocycles. The molecule has 116 valence electrons. The Morgan fingerprint density at radius 3 is 2.76 bits per heavy atom. The van der Waals surface area contributed by atoms with E-state index in [-0.39, 0.29) is 18.1 Å². The molecule has 0 spiro atoms. The smallest absolute Gasteiger partial charge is 0.248 e. The Hall–Kier alpha value is -1.49. The van der Waals surface area contributed by atoms with Crippen LogP contribution in [0.3, 0.4) is 0 Å². The fraction of sp³-hybridized carbons (Fsp3) is 0.562. The van der Waals surface area contributed by atoms with E-state index < -0.39 is 11.6 Å². The van der Waals surface area contributed by atoms with Gasteiger partial charge in [-0.25, -0.2) is 8.78 Å². The number of nitrogens with zero attached hydrogens (tertiary/aromatic N) is 1. The molecule has 21 heavy (non-hydrogen) atoms. The molecule has 1 fully saturated rings. The van der Waals surface area contributed by atoms with E-state index in [1.807, 2.05) is 0 Å². The van der Waals surface area contributed by atoms with Crippen molar-refractivity contribution < 1.29 is 18.3 Å². The lowest BCUT2D eigenvalue weighted by Crippen LogP contribution is -2.41. The van der Waals surface area contributed by atoms with Crippen molar-refractivity contribution in [1.82, 2.24) is 4.90 Å². The second kappa shape index (κ2) is 7.50. The number of amides is 1. The summed E-state index contributed by atoms with van der Waals surface area (Å²) in [4.78, 5) is 13.6. The number of halogens is 2. The highest BCUT2D eigenvalue weighted by molar-refractivity contribution is 5.77. The molecule has 2 rings (SSSR count). The van der Waals surface area contributed by atoms with Crippen molar-refractivity contribution in [2.24, 2.45) is 5.92 Å². The molecule has 0 N–H and O–H groups in total. The third kappa shape index (κ3) is 4.24. The van der Waals surface area contributed by atoms with Crippen molar-refractivity contribution in [3.63, 3.8) is 0 Å². The van der Waals surface area contributed by atoms with Crippen LogP contribution in [0, 0.1) is 17.6 Å². The fourth-order valence-electron chi connectivity index (χ4n) is 2.86. The Bertz CT molecular complexity index is 473. The van der Waals surface area contributed by atoms with Gasteiger partial charge < -0.3 is 9.64 Å². The fourth-order valence-corrected chi connectivity index (χ4v) is 2.86. The van der Waals surface area contributed by atoms with Crippen LogP contribution in [0.15, 0.2) is 18.2 Å². The summed E-state index contributed by atoms with van der Waals surface area (Å²) >= 11 is 0. The Kier molecular flexibility index (Phi) is 5.67. The minimum absolute atomic E-state index is 0.0146. The van der Waals surface area contributed by atoms with Gasteiger partial charge >= 0.3 is 0 Å². The van der Waals surface area contributed by atoms with Crippen LogP contribution in [-0.2, 0) is 16.0 Å². The molecule has 1 saturated heterocycles. The maximum Gasteiger partial charge on any atom is 0.248 e. The molecule has 5 heteroatoms. The van der Waals surface area contributed by atoms with Gasteiger partial charge in [0.1, 0.15) is 18.2 Å². The Labute approximate surface area is 123 Å². The van der Waals surface area contributed by atoms with E-state index in [9.17, 15) is 13.6 Å². The Balaban J connectivity index is 1.90. The van der Waals surface area contributed by atoms with Gasteiger partial charge in [-0.05, 0) is 43.7 Å². The molecule has 1 heterocycles. The van der Waals surface area contributed by atoms with Crippen LogP contribution < -0.4 is 0 Å². The monoisotopic (exact) mass is 297 g/mol. The van der Waals surface area contributed by atoms with Crippen LogP contribution in [0.2, 0.25) is 0 Å². The predicted octanol–water partition coefficient (Wildman–Crippen LogP) is 2.78. The quantitative estimate of drug-likeness (QED) is 0.836. The summed E-state index contributed by atoms with van der Waals surface area (Å²) in [6.07, 6.45) is 2.98. The first-order valence-corrected chi connectivity index (χ1v) is 7.31. The summed E-state index contributed by atoms with van der Waals surface area (Å²) in [5.41, 5.74) is 0.151. The molecule has 1 aliphatic rings. The second-order valence-corrected chi connectivity index (χ2v) is 5.52. The van der Waals surface area contributed by atoms with Crippen LogP contribution >= 0.6 is 0 Å². The van der Waals surface area contributed by atoms with E-state index in [4.69, 9.17) is 4.74 Å². The van der Waals surface area contributed by atoms with Gasteiger partial charge in [-0.1, -0.05) is 6.07 Å². The summed E-state index contributed by atoms with van der Waals surface area (Å²) in [5, 5.41) is 0. The number of ether oxygens (including phenoxy) is 1. The van der Waals surface area contributed by atoms with Gasteiger partial charge in [-0.2, -0.15) is 0 Å². The number of rotatable bonds is 5. The molecule has 3 nitrogen and oxygen atoms in total. The third-order valence-corrected chi connectivity index (χ3v) is 4.00. The first kappa shape index (κ1) is 15.9. The Morgan fingerprint density at radius 1 is 1.38 bits per heavy atom. The van der Waals surface area contributed by atoms with E-state index in [0.717, 1.165) is 19.4 Å². The SMILES string of the molecule is COCC(=O)N1CCCC(CCc2c(F)cccc2F)C1. The zero-order valence-electron chi connectivity index (χ0n) is 12.3. The molecule has 1 aliphatic heterocycles. The van der Waals surface area contributed by atoms with Gasteiger partial charge in [-0.3, -0.25) is 4.79 Å². The number of hydrogen-bond acceptors (Lipinski definition) is 2. The van der Waals surface area contributed by atoms with Gasteiger partial charge in [-0.15, -0.1) is 0 Å². The molecule has 1 amide bonds. The highest BCUT2D eigenvalue weighted by atomic mass is 19.1. The van der Waals surface area contributed by atoms with Crippen molar-refractivity contribution in [3.05, 3.63) is 35.4 Å². The standard InChI is InChI=1S/C16H21F2NO2/c1-21-11-16(20)19-9-3-4-12(10-19)7-8-13-14(17)5-2-6-15(13)18/h2,5-6,12H,3-4,7-11H2,1H3. The van der Waals surface area contributed by atoms with Crippen LogP contribution in [0.1, 0.15) is 24.8 Å². The number of likely N-dealkylation sites (tertiary alicyclic amines) is 1. The average Bonchev–Trinajstić information content (AvgIpc) is 2.47. The van der Waals surface area contributed by atoms with Crippen LogP contribution in [0.25, 0.3) is 0 Å². The minimum Gasteiger partial charge on any atom is -0.375 e. The van der Waals surface area contributed by atoms with Crippen LogP contribution in [0.4, 0.5) is 8.78 Å². The molecule has 1 aromatic carbocycles. The van der Waals surface area contributed by atoms with Crippen LogP contribution in [0.5, 0.6) is 0 Å². The molecule has 1 atom stereocenters. The van der Waals surface area contributed by atoms with Crippen molar-refractivity contribution >= 4 is 5.91 Å². The van der Waals surface area contributed by atoms with Gasteiger partial charge in [0.2, 0.25) is 5.91 Å². The number of piperidine rings is 1. The first-order chi connectivity index (χ1) is 10.1. The number of carbonyl (C=O) groups excluding carboxylic acids is 1. The lowest BCUT2D eigenvalue weighted by atomic mass is 9.91. The highest BCUT2D eigenvalue weighted by Crippen LogP contribution is 2.23. The van der Waals surface area contributed by atoms with Gasteiger partial charge in [0.05, 0.1) is 0 Å². The zero-order chi connectivity index (χ0) is 15.2. The normalized spacial score (nSPS) is 18.8. The van der Waals surface area contributed by atoms with Crippen molar-refractivity contribution in [1.29, 1.82) is 0 Å². The van der Waals surface area contributed by atoms with E-state index in [0.29, 0.717) is 25.3 Å². The number of hydrogen-bond donors (Lipinski definition) is 0.